The first-order valence-corrected chi connectivity index (χ1v) is 6.76. The molecule has 0 saturated heterocycles. The maximum Gasteiger partial charge on any atom is 0.0929 e. The van der Waals surface area contributed by atoms with Crippen molar-refractivity contribution in [1.82, 2.24) is 10.3 Å². The molecule has 0 aliphatic heterocycles. The molecule has 1 N–H and O–H groups in total. The molecule has 1 heterocycles. The molecule has 0 saturated carbocycles. The highest BCUT2D eigenvalue weighted by molar-refractivity contribution is 7.09. The van der Waals surface area contributed by atoms with Crippen molar-refractivity contribution in [3.8, 4) is 0 Å². The molecule has 0 aromatic carbocycles. The lowest BCUT2D eigenvalue weighted by atomic mass is 10.3. The summed E-state index contributed by atoms with van der Waals surface area (Å²) in [6.07, 6.45) is 3.13. The first-order chi connectivity index (χ1) is 7.72. The summed E-state index contributed by atoms with van der Waals surface area (Å²) in [6, 6.07) is 0.555. The lowest BCUT2D eigenvalue weighted by molar-refractivity contribution is 0.195. The Kier molecular flexibility index (Phi) is 6.61. The third kappa shape index (κ3) is 5.58. The molecule has 0 unspecified atom stereocenters. The minimum atomic E-state index is 0.555. The first-order valence-electron chi connectivity index (χ1n) is 5.88. The van der Waals surface area contributed by atoms with Crippen LogP contribution in [0, 0.1) is 0 Å². The molecule has 3 nitrogen and oxygen atoms in total. The van der Waals surface area contributed by atoms with E-state index in [1.165, 1.54) is 10.7 Å². The zero-order chi connectivity index (χ0) is 11.8. The molecule has 0 atom stereocenters. The molecule has 16 heavy (non-hydrogen) atoms. The Balaban J connectivity index is 2.22. The van der Waals surface area contributed by atoms with E-state index in [2.05, 4.69) is 29.5 Å². The van der Waals surface area contributed by atoms with Crippen LogP contribution in [0.25, 0.3) is 0 Å². The number of hydrogen-bond acceptors (Lipinski definition) is 4. The third-order valence-electron chi connectivity index (χ3n) is 2.27. The van der Waals surface area contributed by atoms with E-state index >= 15 is 0 Å². The van der Waals surface area contributed by atoms with E-state index in [4.69, 9.17) is 4.74 Å². The van der Waals surface area contributed by atoms with Gasteiger partial charge in [-0.3, -0.25) is 0 Å². The molecule has 1 aromatic rings. The summed E-state index contributed by atoms with van der Waals surface area (Å²) in [5, 5.41) is 6.80. The van der Waals surface area contributed by atoms with Gasteiger partial charge in [0.2, 0.25) is 0 Å². The molecule has 0 amide bonds. The van der Waals surface area contributed by atoms with Gasteiger partial charge in [-0.15, -0.1) is 11.3 Å². The van der Waals surface area contributed by atoms with Crippen molar-refractivity contribution in [3.05, 3.63) is 16.1 Å². The van der Waals surface area contributed by atoms with Gasteiger partial charge in [0.1, 0.15) is 0 Å². The second-order valence-electron chi connectivity index (χ2n) is 4.19. The number of nitrogens with one attached hydrogen (secondary N) is 1. The minimum absolute atomic E-state index is 0.555. The molecule has 0 aliphatic carbocycles. The minimum Gasteiger partial charge on any atom is -0.385 e. The Morgan fingerprint density at radius 3 is 2.94 bits per heavy atom. The molecule has 0 aliphatic rings. The number of rotatable bonds is 8. The Hall–Kier alpha value is -0.450. The molecule has 0 radical (unpaired) electrons. The summed E-state index contributed by atoms with van der Waals surface area (Å²) in [4.78, 5) is 4.60. The van der Waals surface area contributed by atoms with Crippen LogP contribution in [0.2, 0.25) is 0 Å². The van der Waals surface area contributed by atoms with E-state index in [9.17, 15) is 0 Å². The summed E-state index contributed by atoms with van der Waals surface area (Å²) in [7, 11) is 1.74. The zero-order valence-corrected chi connectivity index (χ0v) is 11.3. The average molecular weight is 242 g/mol. The predicted molar refractivity (Wildman–Crippen MR) is 69.2 cm³/mol. The number of ether oxygens (including phenoxy) is 1. The SMILES string of the molecule is COCCCc1nc(CCNC(C)C)cs1. The molecule has 1 aromatic heterocycles. The van der Waals surface area contributed by atoms with Crippen LogP contribution in [0.15, 0.2) is 5.38 Å². The van der Waals surface area contributed by atoms with Crippen LogP contribution in [-0.2, 0) is 17.6 Å². The monoisotopic (exact) mass is 242 g/mol. The van der Waals surface area contributed by atoms with Gasteiger partial charge in [0.25, 0.3) is 0 Å². The largest absolute Gasteiger partial charge is 0.385 e. The maximum absolute atomic E-state index is 5.03. The van der Waals surface area contributed by atoms with E-state index < -0.39 is 0 Å². The first kappa shape index (κ1) is 13.6. The molecule has 92 valence electrons. The van der Waals surface area contributed by atoms with Gasteiger partial charge in [0.15, 0.2) is 0 Å². The van der Waals surface area contributed by atoms with Crippen molar-refractivity contribution in [1.29, 1.82) is 0 Å². The Morgan fingerprint density at radius 2 is 2.25 bits per heavy atom. The lowest BCUT2D eigenvalue weighted by Gasteiger charge is -2.05. The number of aromatic nitrogens is 1. The summed E-state index contributed by atoms with van der Waals surface area (Å²) >= 11 is 1.76. The van der Waals surface area contributed by atoms with Crippen LogP contribution in [0.5, 0.6) is 0 Å². The fourth-order valence-corrected chi connectivity index (χ4v) is 2.31. The molecule has 1 rings (SSSR count). The smallest absolute Gasteiger partial charge is 0.0929 e. The van der Waals surface area contributed by atoms with Crippen molar-refractivity contribution < 1.29 is 4.74 Å². The Bertz CT molecular complexity index is 286. The molecular weight excluding hydrogens is 220 g/mol. The van der Waals surface area contributed by atoms with E-state index in [1.807, 2.05) is 0 Å². The summed E-state index contributed by atoms with van der Waals surface area (Å²) in [5.74, 6) is 0. The van der Waals surface area contributed by atoms with Crippen LogP contribution in [0.3, 0.4) is 0 Å². The number of aryl methyl sites for hydroxylation is 1. The Morgan fingerprint density at radius 1 is 1.44 bits per heavy atom. The third-order valence-corrected chi connectivity index (χ3v) is 3.23. The van der Waals surface area contributed by atoms with Crippen LogP contribution in [0.4, 0.5) is 0 Å². The van der Waals surface area contributed by atoms with E-state index in [0.29, 0.717) is 6.04 Å². The topological polar surface area (TPSA) is 34.1 Å². The fraction of sp³-hybridized carbons (Fsp3) is 0.750. The highest BCUT2D eigenvalue weighted by Gasteiger charge is 2.02. The molecule has 4 heteroatoms. The van der Waals surface area contributed by atoms with Crippen LogP contribution in [-0.4, -0.2) is 31.3 Å². The maximum atomic E-state index is 5.03. The van der Waals surface area contributed by atoms with Gasteiger partial charge < -0.3 is 10.1 Å². The van der Waals surface area contributed by atoms with Crippen molar-refractivity contribution in [3.63, 3.8) is 0 Å². The van der Waals surface area contributed by atoms with Crippen molar-refractivity contribution in [2.75, 3.05) is 20.3 Å². The van der Waals surface area contributed by atoms with E-state index in [1.54, 1.807) is 18.4 Å². The standard InChI is InChI=1S/C12H22N2OS/c1-10(2)13-7-6-11-9-16-12(14-11)5-4-8-15-3/h9-10,13H,4-8H2,1-3H3. The second-order valence-corrected chi connectivity index (χ2v) is 5.13. The predicted octanol–water partition coefficient (Wildman–Crippen LogP) is 2.26. The quantitative estimate of drug-likeness (QED) is 0.710. The zero-order valence-electron chi connectivity index (χ0n) is 10.5. The lowest BCUT2D eigenvalue weighted by Crippen LogP contribution is -2.25. The van der Waals surface area contributed by atoms with Gasteiger partial charge in [-0.25, -0.2) is 4.98 Å². The van der Waals surface area contributed by atoms with Gasteiger partial charge in [-0.05, 0) is 6.42 Å². The highest BCUT2D eigenvalue weighted by Crippen LogP contribution is 2.12. The number of hydrogen-bond donors (Lipinski definition) is 1. The average Bonchev–Trinajstić information content (AvgIpc) is 2.66. The normalized spacial score (nSPS) is 11.2. The Labute approximate surface area is 102 Å². The second kappa shape index (κ2) is 7.76. The van der Waals surface area contributed by atoms with Crippen molar-refractivity contribution in [2.24, 2.45) is 0 Å². The van der Waals surface area contributed by atoms with Crippen molar-refractivity contribution >= 4 is 11.3 Å². The summed E-state index contributed by atoms with van der Waals surface area (Å²) in [6.45, 7) is 6.16. The van der Waals surface area contributed by atoms with Gasteiger partial charge in [-0.2, -0.15) is 0 Å². The molecule has 0 fully saturated rings. The summed E-state index contributed by atoms with van der Waals surface area (Å²) in [5.41, 5.74) is 1.21. The van der Waals surface area contributed by atoms with Gasteiger partial charge in [-0.1, -0.05) is 13.8 Å². The number of nitrogens with zero attached hydrogens (tertiary/aromatic N) is 1. The number of methoxy groups -OCH3 is 1. The van der Waals surface area contributed by atoms with Gasteiger partial charge >= 0.3 is 0 Å². The van der Waals surface area contributed by atoms with Crippen LogP contribution < -0.4 is 5.32 Å². The fourth-order valence-electron chi connectivity index (χ4n) is 1.44. The van der Waals surface area contributed by atoms with Crippen LogP contribution >= 0.6 is 11.3 Å². The van der Waals surface area contributed by atoms with Gasteiger partial charge in [0, 0.05) is 44.5 Å². The van der Waals surface area contributed by atoms with Crippen molar-refractivity contribution in [2.45, 2.75) is 39.2 Å². The molecular formula is C12H22N2OS. The van der Waals surface area contributed by atoms with Crippen LogP contribution in [0.1, 0.15) is 31.0 Å². The number of thiazole rings is 1. The summed E-state index contributed by atoms with van der Waals surface area (Å²) < 4.78 is 5.03. The highest BCUT2D eigenvalue weighted by atomic mass is 32.1. The molecule has 0 bridgehead atoms. The van der Waals surface area contributed by atoms with Gasteiger partial charge in [0.05, 0.1) is 10.7 Å². The van der Waals surface area contributed by atoms with E-state index in [-0.39, 0.29) is 0 Å². The van der Waals surface area contributed by atoms with E-state index in [0.717, 1.165) is 32.4 Å². The molecule has 0 spiro atoms.